The summed E-state index contributed by atoms with van der Waals surface area (Å²) in [5, 5.41) is 2.78. The summed E-state index contributed by atoms with van der Waals surface area (Å²) in [5.41, 5.74) is 2.01. The predicted octanol–water partition coefficient (Wildman–Crippen LogP) is 3.21. The number of ether oxygens (including phenoxy) is 2. The van der Waals surface area contributed by atoms with Gasteiger partial charge in [0.25, 0.3) is 0 Å². The highest BCUT2D eigenvalue weighted by Gasteiger charge is 2.00. The van der Waals surface area contributed by atoms with Crippen molar-refractivity contribution in [2.45, 2.75) is 6.92 Å². The molecular formula is C19H21NO3. The second-order valence-electron chi connectivity index (χ2n) is 5.03. The number of rotatable bonds is 7. The molecule has 0 saturated carbocycles. The van der Waals surface area contributed by atoms with Crippen LogP contribution in [0.25, 0.3) is 6.08 Å². The summed E-state index contributed by atoms with van der Waals surface area (Å²) in [5.74, 6) is 1.38. The second-order valence-corrected chi connectivity index (χ2v) is 5.03. The molecule has 0 atom stereocenters. The van der Waals surface area contributed by atoms with E-state index in [9.17, 15) is 4.79 Å². The SMILES string of the molecule is COc1ccccc1/C=C/C(=O)NCCOc1cccc(C)c1. The molecule has 0 fully saturated rings. The third kappa shape index (κ3) is 5.51. The molecule has 0 aliphatic carbocycles. The van der Waals surface area contributed by atoms with Crippen LogP contribution in [0.2, 0.25) is 0 Å². The average Bonchev–Trinajstić information content (AvgIpc) is 2.57. The molecule has 23 heavy (non-hydrogen) atoms. The number of amides is 1. The number of benzene rings is 2. The summed E-state index contributed by atoms with van der Waals surface area (Å²) in [4.78, 5) is 11.8. The minimum Gasteiger partial charge on any atom is -0.496 e. The van der Waals surface area contributed by atoms with E-state index in [-0.39, 0.29) is 5.91 Å². The van der Waals surface area contributed by atoms with E-state index in [2.05, 4.69) is 5.32 Å². The molecule has 0 bridgehead atoms. The Morgan fingerprint density at radius 3 is 2.78 bits per heavy atom. The lowest BCUT2D eigenvalue weighted by molar-refractivity contribution is -0.116. The molecule has 2 rings (SSSR count). The number of aryl methyl sites for hydroxylation is 1. The number of methoxy groups -OCH3 is 1. The van der Waals surface area contributed by atoms with Gasteiger partial charge in [-0.05, 0) is 36.8 Å². The molecule has 0 saturated heterocycles. The van der Waals surface area contributed by atoms with E-state index in [4.69, 9.17) is 9.47 Å². The lowest BCUT2D eigenvalue weighted by atomic mass is 10.2. The van der Waals surface area contributed by atoms with Gasteiger partial charge in [0.1, 0.15) is 18.1 Å². The largest absolute Gasteiger partial charge is 0.496 e. The lowest BCUT2D eigenvalue weighted by Gasteiger charge is -2.07. The van der Waals surface area contributed by atoms with Crippen molar-refractivity contribution in [1.82, 2.24) is 5.32 Å². The van der Waals surface area contributed by atoms with E-state index in [0.29, 0.717) is 13.2 Å². The normalized spacial score (nSPS) is 10.5. The van der Waals surface area contributed by atoms with E-state index in [1.165, 1.54) is 6.08 Å². The van der Waals surface area contributed by atoms with Crippen molar-refractivity contribution < 1.29 is 14.3 Å². The van der Waals surface area contributed by atoms with E-state index >= 15 is 0 Å². The maximum atomic E-state index is 11.8. The van der Waals surface area contributed by atoms with Crippen molar-refractivity contribution >= 4 is 12.0 Å². The van der Waals surface area contributed by atoms with Gasteiger partial charge in [0.15, 0.2) is 0 Å². The Labute approximate surface area is 136 Å². The minimum atomic E-state index is -0.163. The topological polar surface area (TPSA) is 47.6 Å². The van der Waals surface area contributed by atoms with Gasteiger partial charge >= 0.3 is 0 Å². The highest BCUT2D eigenvalue weighted by Crippen LogP contribution is 2.18. The van der Waals surface area contributed by atoms with E-state index < -0.39 is 0 Å². The van der Waals surface area contributed by atoms with Gasteiger partial charge < -0.3 is 14.8 Å². The maximum absolute atomic E-state index is 11.8. The number of nitrogens with one attached hydrogen (secondary N) is 1. The molecule has 0 aliphatic heterocycles. The highest BCUT2D eigenvalue weighted by atomic mass is 16.5. The third-order valence-electron chi connectivity index (χ3n) is 3.21. The van der Waals surface area contributed by atoms with Gasteiger partial charge in [-0.2, -0.15) is 0 Å². The Hall–Kier alpha value is -2.75. The molecule has 1 amide bonds. The summed E-state index contributed by atoms with van der Waals surface area (Å²) in [6.45, 7) is 2.89. The predicted molar refractivity (Wildman–Crippen MR) is 91.7 cm³/mol. The second kappa shape index (κ2) is 8.63. The number of hydrogen-bond donors (Lipinski definition) is 1. The van der Waals surface area contributed by atoms with Gasteiger partial charge in [0.2, 0.25) is 5.91 Å². The Morgan fingerprint density at radius 2 is 2.00 bits per heavy atom. The van der Waals surface area contributed by atoms with Crippen LogP contribution in [0.5, 0.6) is 11.5 Å². The molecule has 0 aliphatic rings. The van der Waals surface area contributed by atoms with Crippen LogP contribution in [-0.2, 0) is 4.79 Å². The molecule has 0 spiro atoms. The van der Waals surface area contributed by atoms with Crippen molar-refractivity contribution in [3.63, 3.8) is 0 Å². The van der Waals surface area contributed by atoms with Crippen molar-refractivity contribution in [1.29, 1.82) is 0 Å². The van der Waals surface area contributed by atoms with Gasteiger partial charge in [0.05, 0.1) is 13.7 Å². The number of carbonyl (C=O) groups is 1. The third-order valence-corrected chi connectivity index (χ3v) is 3.21. The van der Waals surface area contributed by atoms with Crippen LogP contribution >= 0.6 is 0 Å². The fourth-order valence-electron chi connectivity index (χ4n) is 2.08. The Balaban J connectivity index is 1.76. The molecule has 120 valence electrons. The summed E-state index contributed by atoms with van der Waals surface area (Å²) >= 11 is 0. The molecule has 2 aromatic rings. The summed E-state index contributed by atoms with van der Waals surface area (Å²) in [6, 6.07) is 15.3. The van der Waals surface area contributed by atoms with Gasteiger partial charge in [0, 0.05) is 11.6 Å². The van der Waals surface area contributed by atoms with Crippen molar-refractivity contribution in [3.05, 3.63) is 65.7 Å². The van der Waals surface area contributed by atoms with E-state index in [0.717, 1.165) is 22.6 Å². The zero-order chi connectivity index (χ0) is 16.5. The zero-order valence-corrected chi connectivity index (χ0v) is 13.4. The molecule has 0 heterocycles. The van der Waals surface area contributed by atoms with Crippen LogP contribution < -0.4 is 14.8 Å². The first kappa shape index (κ1) is 16.6. The highest BCUT2D eigenvalue weighted by molar-refractivity contribution is 5.92. The molecule has 4 nitrogen and oxygen atoms in total. The zero-order valence-electron chi connectivity index (χ0n) is 13.4. The molecular weight excluding hydrogens is 290 g/mol. The smallest absolute Gasteiger partial charge is 0.244 e. The van der Waals surface area contributed by atoms with E-state index in [1.54, 1.807) is 13.2 Å². The fraction of sp³-hybridized carbons (Fsp3) is 0.211. The number of para-hydroxylation sites is 1. The number of carbonyl (C=O) groups excluding carboxylic acids is 1. The van der Waals surface area contributed by atoms with Crippen LogP contribution in [0.1, 0.15) is 11.1 Å². The van der Waals surface area contributed by atoms with Gasteiger partial charge in [-0.15, -0.1) is 0 Å². The molecule has 1 N–H and O–H groups in total. The van der Waals surface area contributed by atoms with Gasteiger partial charge in [-0.25, -0.2) is 0 Å². The molecule has 2 aromatic carbocycles. The standard InChI is InChI=1S/C19H21NO3/c1-15-6-5-8-17(14-15)23-13-12-20-19(21)11-10-16-7-3-4-9-18(16)22-2/h3-11,14H,12-13H2,1-2H3,(H,20,21)/b11-10+. The molecule has 4 heteroatoms. The Kier molecular flexibility index (Phi) is 6.24. The summed E-state index contributed by atoms with van der Waals surface area (Å²) < 4.78 is 10.8. The van der Waals surface area contributed by atoms with Gasteiger partial charge in [-0.3, -0.25) is 4.79 Å². The minimum absolute atomic E-state index is 0.163. The maximum Gasteiger partial charge on any atom is 0.244 e. The van der Waals surface area contributed by atoms with Crippen molar-refractivity contribution in [3.8, 4) is 11.5 Å². The first-order valence-electron chi connectivity index (χ1n) is 7.47. The molecule has 0 unspecified atom stereocenters. The average molecular weight is 311 g/mol. The quantitative estimate of drug-likeness (QED) is 0.631. The Bertz CT molecular complexity index is 680. The van der Waals surface area contributed by atoms with Crippen molar-refractivity contribution in [2.75, 3.05) is 20.3 Å². The summed E-state index contributed by atoms with van der Waals surface area (Å²) in [6.07, 6.45) is 3.22. The molecule has 0 radical (unpaired) electrons. The van der Waals surface area contributed by atoms with Crippen LogP contribution in [0.15, 0.2) is 54.6 Å². The Morgan fingerprint density at radius 1 is 1.17 bits per heavy atom. The first-order valence-corrected chi connectivity index (χ1v) is 7.47. The van der Waals surface area contributed by atoms with Crippen LogP contribution in [0, 0.1) is 6.92 Å². The monoisotopic (exact) mass is 311 g/mol. The van der Waals surface area contributed by atoms with Crippen LogP contribution in [0.3, 0.4) is 0 Å². The van der Waals surface area contributed by atoms with Crippen LogP contribution in [-0.4, -0.2) is 26.2 Å². The van der Waals surface area contributed by atoms with Crippen LogP contribution in [0.4, 0.5) is 0 Å². The lowest BCUT2D eigenvalue weighted by Crippen LogP contribution is -2.26. The van der Waals surface area contributed by atoms with E-state index in [1.807, 2.05) is 55.5 Å². The fourth-order valence-corrected chi connectivity index (χ4v) is 2.08. The summed E-state index contributed by atoms with van der Waals surface area (Å²) in [7, 11) is 1.61. The first-order chi connectivity index (χ1) is 11.2. The number of hydrogen-bond acceptors (Lipinski definition) is 3. The van der Waals surface area contributed by atoms with Crippen molar-refractivity contribution in [2.24, 2.45) is 0 Å². The van der Waals surface area contributed by atoms with Gasteiger partial charge in [-0.1, -0.05) is 30.3 Å². The molecule has 0 aromatic heterocycles.